The Labute approximate surface area is 119 Å². The summed E-state index contributed by atoms with van der Waals surface area (Å²) in [6.07, 6.45) is 3.84. The molecular formula is C15H23BrN2. The highest BCUT2D eigenvalue weighted by atomic mass is 79.9. The van der Waals surface area contributed by atoms with Crippen molar-refractivity contribution in [3.8, 4) is 0 Å². The second-order valence-electron chi connectivity index (χ2n) is 5.17. The summed E-state index contributed by atoms with van der Waals surface area (Å²) in [7, 11) is 0. The summed E-state index contributed by atoms with van der Waals surface area (Å²) in [4.78, 5) is 2.55. The van der Waals surface area contributed by atoms with Gasteiger partial charge in [-0.25, -0.2) is 0 Å². The van der Waals surface area contributed by atoms with Crippen LogP contribution in [0.1, 0.15) is 31.7 Å². The van der Waals surface area contributed by atoms with Crippen LogP contribution in [0.2, 0.25) is 0 Å². The lowest BCUT2D eigenvalue weighted by molar-refractivity contribution is 0.300. The highest BCUT2D eigenvalue weighted by molar-refractivity contribution is 9.10. The molecule has 2 nitrogen and oxygen atoms in total. The number of nitrogens with zero attached hydrogens (tertiary/aromatic N) is 1. The summed E-state index contributed by atoms with van der Waals surface area (Å²) < 4.78 is 1.19. The molecule has 0 saturated carbocycles. The number of halogens is 1. The third kappa shape index (κ3) is 3.72. The fraction of sp³-hybridized carbons (Fsp3) is 0.600. The van der Waals surface area contributed by atoms with E-state index in [1.807, 2.05) is 0 Å². The highest BCUT2D eigenvalue weighted by Gasteiger charge is 2.15. The van der Waals surface area contributed by atoms with E-state index < -0.39 is 0 Å². The highest BCUT2D eigenvalue weighted by Crippen LogP contribution is 2.22. The summed E-state index contributed by atoms with van der Waals surface area (Å²) in [5, 5.41) is 3.69. The molecule has 2 rings (SSSR count). The molecule has 1 saturated heterocycles. The second kappa shape index (κ2) is 6.58. The third-order valence-corrected chi connectivity index (χ3v) is 4.69. The number of benzene rings is 1. The number of anilines is 1. The van der Waals surface area contributed by atoms with Crippen LogP contribution in [0.5, 0.6) is 0 Å². The molecule has 0 amide bonds. The molecule has 1 heterocycles. The van der Waals surface area contributed by atoms with Crippen LogP contribution in [0.25, 0.3) is 0 Å². The van der Waals surface area contributed by atoms with E-state index in [1.54, 1.807) is 0 Å². The van der Waals surface area contributed by atoms with E-state index in [-0.39, 0.29) is 0 Å². The van der Waals surface area contributed by atoms with Gasteiger partial charge in [-0.2, -0.15) is 0 Å². The van der Waals surface area contributed by atoms with Gasteiger partial charge in [0.1, 0.15) is 0 Å². The largest absolute Gasteiger partial charge is 0.382 e. The van der Waals surface area contributed by atoms with Gasteiger partial charge in [0.15, 0.2) is 0 Å². The van der Waals surface area contributed by atoms with Crippen molar-refractivity contribution in [1.82, 2.24) is 4.90 Å². The standard InChI is InChI=1S/C15H23BrN2/c1-3-18-9-4-5-13(8-10-18)17-14-6-7-15(16)12(2)11-14/h6-7,11,13,17H,3-5,8-10H2,1-2H3. The molecule has 0 spiro atoms. The molecular weight excluding hydrogens is 288 g/mol. The van der Waals surface area contributed by atoms with Gasteiger partial charge >= 0.3 is 0 Å². The Kier molecular flexibility index (Phi) is 5.07. The first-order chi connectivity index (χ1) is 8.69. The zero-order chi connectivity index (χ0) is 13.0. The van der Waals surface area contributed by atoms with Crippen LogP contribution >= 0.6 is 15.9 Å². The number of likely N-dealkylation sites (tertiary alicyclic amines) is 1. The number of hydrogen-bond donors (Lipinski definition) is 1. The molecule has 18 heavy (non-hydrogen) atoms. The van der Waals surface area contributed by atoms with E-state index in [2.05, 4.69) is 58.2 Å². The van der Waals surface area contributed by atoms with Crippen molar-refractivity contribution in [2.24, 2.45) is 0 Å². The molecule has 1 atom stereocenters. The van der Waals surface area contributed by atoms with E-state index >= 15 is 0 Å². The molecule has 0 radical (unpaired) electrons. The van der Waals surface area contributed by atoms with Gasteiger partial charge in [-0.3, -0.25) is 0 Å². The van der Waals surface area contributed by atoms with Gasteiger partial charge in [0.2, 0.25) is 0 Å². The lowest BCUT2D eigenvalue weighted by atomic mass is 10.1. The Morgan fingerprint density at radius 1 is 1.33 bits per heavy atom. The van der Waals surface area contributed by atoms with Gasteiger partial charge in [-0.15, -0.1) is 0 Å². The minimum Gasteiger partial charge on any atom is -0.382 e. The monoisotopic (exact) mass is 310 g/mol. The molecule has 1 aliphatic heterocycles. The molecule has 100 valence electrons. The average molecular weight is 311 g/mol. The molecule has 1 fully saturated rings. The van der Waals surface area contributed by atoms with Crippen molar-refractivity contribution in [2.45, 2.75) is 39.2 Å². The Bertz CT molecular complexity index is 392. The van der Waals surface area contributed by atoms with E-state index in [9.17, 15) is 0 Å². The average Bonchev–Trinajstić information content (AvgIpc) is 2.59. The summed E-state index contributed by atoms with van der Waals surface area (Å²) in [6, 6.07) is 7.15. The zero-order valence-electron chi connectivity index (χ0n) is 11.4. The molecule has 1 aromatic rings. The van der Waals surface area contributed by atoms with Crippen molar-refractivity contribution in [3.63, 3.8) is 0 Å². The van der Waals surface area contributed by atoms with Gasteiger partial charge in [0, 0.05) is 22.7 Å². The van der Waals surface area contributed by atoms with E-state index in [0.29, 0.717) is 6.04 Å². The zero-order valence-corrected chi connectivity index (χ0v) is 13.0. The summed E-state index contributed by atoms with van der Waals surface area (Å²) in [5.41, 5.74) is 2.55. The lowest BCUT2D eigenvalue weighted by Crippen LogP contribution is -2.26. The van der Waals surface area contributed by atoms with Crippen molar-refractivity contribution >= 4 is 21.6 Å². The molecule has 0 aromatic heterocycles. The fourth-order valence-electron chi connectivity index (χ4n) is 2.59. The first-order valence-corrected chi connectivity index (χ1v) is 7.73. The first-order valence-electron chi connectivity index (χ1n) is 6.94. The van der Waals surface area contributed by atoms with Crippen molar-refractivity contribution in [3.05, 3.63) is 28.2 Å². The Morgan fingerprint density at radius 2 is 2.17 bits per heavy atom. The molecule has 1 N–H and O–H groups in total. The third-order valence-electron chi connectivity index (χ3n) is 3.80. The van der Waals surface area contributed by atoms with Gasteiger partial charge < -0.3 is 10.2 Å². The number of rotatable bonds is 3. The Morgan fingerprint density at radius 3 is 2.89 bits per heavy atom. The fourth-order valence-corrected chi connectivity index (χ4v) is 2.83. The topological polar surface area (TPSA) is 15.3 Å². The predicted molar refractivity (Wildman–Crippen MR) is 82.3 cm³/mol. The summed E-state index contributed by atoms with van der Waals surface area (Å²) in [6.45, 7) is 8.06. The maximum absolute atomic E-state index is 3.69. The predicted octanol–water partition coefficient (Wildman–Crippen LogP) is 4.04. The maximum Gasteiger partial charge on any atom is 0.0345 e. The molecule has 3 heteroatoms. The second-order valence-corrected chi connectivity index (χ2v) is 6.02. The van der Waals surface area contributed by atoms with Crippen LogP contribution in [0.4, 0.5) is 5.69 Å². The molecule has 0 bridgehead atoms. The summed E-state index contributed by atoms with van der Waals surface area (Å²) in [5.74, 6) is 0. The maximum atomic E-state index is 3.69. The van der Waals surface area contributed by atoms with Crippen LogP contribution in [-0.2, 0) is 0 Å². The van der Waals surface area contributed by atoms with Gasteiger partial charge in [0.05, 0.1) is 0 Å². The van der Waals surface area contributed by atoms with Crippen molar-refractivity contribution in [1.29, 1.82) is 0 Å². The first kappa shape index (κ1) is 13.9. The van der Waals surface area contributed by atoms with Crippen LogP contribution in [0.15, 0.2) is 22.7 Å². The normalized spacial score (nSPS) is 21.6. The molecule has 1 unspecified atom stereocenters. The molecule has 0 aliphatic carbocycles. The van der Waals surface area contributed by atoms with Gasteiger partial charge in [-0.05, 0) is 63.0 Å². The minimum atomic E-state index is 0.627. The number of aryl methyl sites for hydroxylation is 1. The van der Waals surface area contributed by atoms with Crippen molar-refractivity contribution in [2.75, 3.05) is 25.0 Å². The van der Waals surface area contributed by atoms with Gasteiger partial charge in [-0.1, -0.05) is 22.9 Å². The number of hydrogen-bond acceptors (Lipinski definition) is 2. The smallest absolute Gasteiger partial charge is 0.0345 e. The van der Waals surface area contributed by atoms with Crippen LogP contribution in [0, 0.1) is 6.92 Å². The minimum absolute atomic E-state index is 0.627. The van der Waals surface area contributed by atoms with E-state index in [0.717, 1.165) is 0 Å². The Balaban J connectivity index is 1.94. The molecule has 1 aliphatic rings. The van der Waals surface area contributed by atoms with E-state index in [1.165, 1.54) is 54.6 Å². The SMILES string of the molecule is CCN1CCCC(Nc2ccc(Br)c(C)c2)CC1. The Hall–Kier alpha value is -0.540. The number of nitrogens with one attached hydrogen (secondary N) is 1. The van der Waals surface area contributed by atoms with Gasteiger partial charge in [0.25, 0.3) is 0 Å². The van der Waals surface area contributed by atoms with Crippen molar-refractivity contribution < 1.29 is 0 Å². The van der Waals surface area contributed by atoms with Crippen LogP contribution < -0.4 is 5.32 Å². The quantitative estimate of drug-likeness (QED) is 0.906. The van der Waals surface area contributed by atoms with Crippen LogP contribution in [0.3, 0.4) is 0 Å². The lowest BCUT2D eigenvalue weighted by Gasteiger charge is -2.19. The van der Waals surface area contributed by atoms with Crippen LogP contribution in [-0.4, -0.2) is 30.6 Å². The summed E-state index contributed by atoms with van der Waals surface area (Å²) >= 11 is 3.55. The molecule has 1 aromatic carbocycles. The van der Waals surface area contributed by atoms with E-state index in [4.69, 9.17) is 0 Å².